The average molecular weight is 274 g/mol. The zero-order valence-corrected chi connectivity index (χ0v) is 12.6. The van der Waals surface area contributed by atoms with Gasteiger partial charge in [-0.25, -0.2) is 0 Å². The molecule has 1 aromatic carbocycles. The lowest BCUT2D eigenvalue weighted by atomic mass is 9.64. The predicted octanol–water partition coefficient (Wildman–Crippen LogP) is 2.85. The van der Waals surface area contributed by atoms with Crippen LogP contribution >= 0.6 is 0 Å². The molecule has 2 unspecified atom stereocenters. The molecular formula is C17H26N2O. The number of likely N-dealkylation sites (tertiary alicyclic amines) is 1. The van der Waals surface area contributed by atoms with Gasteiger partial charge in [0, 0.05) is 23.7 Å². The molecule has 0 spiro atoms. The highest BCUT2D eigenvalue weighted by Gasteiger charge is 2.47. The van der Waals surface area contributed by atoms with Crippen LogP contribution in [0.3, 0.4) is 0 Å². The number of benzene rings is 1. The van der Waals surface area contributed by atoms with Crippen molar-refractivity contribution in [2.45, 2.75) is 51.8 Å². The highest BCUT2D eigenvalue weighted by molar-refractivity contribution is 5.46. The molecule has 1 saturated heterocycles. The van der Waals surface area contributed by atoms with Crippen molar-refractivity contribution in [1.82, 2.24) is 4.90 Å². The van der Waals surface area contributed by atoms with Crippen LogP contribution in [0.15, 0.2) is 24.3 Å². The molecule has 2 N–H and O–H groups in total. The second-order valence-electron chi connectivity index (χ2n) is 6.95. The number of nitrogens with one attached hydrogen (secondary N) is 1. The molecule has 0 radical (unpaired) electrons. The van der Waals surface area contributed by atoms with Crippen LogP contribution in [0, 0.1) is 5.41 Å². The fourth-order valence-corrected chi connectivity index (χ4v) is 3.25. The number of hydrogen-bond acceptors (Lipinski definition) is 3. The van der Waals surface area contributed by atoms with Gasteiger partial charge < -0.3 is 10.4 Å². The van der Waals surface area contributed by atoms with Crippen LogP contribution in [-0.4, -0.2) is 35.2 Å². The maximum Gasteiger partial charge on any atom is 0.0630 e. The average Bonchev–Trinajstić information content (AvgIpc) is 2.93. The minimum absolute atomic E-state index is 0.0196. The summed E-state index contributed by atoms with van der Waals surface area (Å²) >= 11 is 0. The standard InChI is InChI=1S/C17H26N2O/c1-17(2)15(11-16(17)20)18-14-7-5-13(6-8-14)12-19-9-3-4-10-19/h5-8,15-16,18,20H,3-4,9-12H2,1-2H3. The molecule has 2 atom stereocenters. The van der Waals surface area contributed by atoms with Gasteiger partial charge in [0.15, 0.2) is 0 Å². The third kappa shape index (κ3) is 2.70. The van der Waals surface area contributed by atoms with Gasteiger partial charge in [-0.05, 0) is 50.0 Å². The quantitative estimate of drug-likeness (QED) is 0.886. The summed E-state index contributed by atoms with van der Waals surface area (Å²) in [5, 5.41) is 13.3. The maximum absolute atomic E-state index is 9.78. The van der Waals surface area contributed by atoms with Crippen LogP contribution in [0.4, 0.5) is 5.69 Å². The second-order valence-corrected chi connectivity index (χ2v) is 6.95. The van der Waals surface area contributed by atoms with Gasteiger partial charge in [-0.1, -0.05) is 26.0 Å². The molecule has 3 nitrogen and oxygen atoms in total. The van der Waals surface area contributed by atoms with E-state index in [0.717, 1.165) is 13.0 Å². The van der Waals surface area contributed by atoms with Crippen LogP contribution in [-0.2, 0) is 6.54 Å². The van der Waals surface area contributed by atoms with Gasteiger partial charge in [0.1, 0.15) is 0 Å². The first-order chi connectivity index (χ1) is 9.55. The molecule has 110 valence electrons. The third-order valence-electron chi connectivity index (χ3n) is 5.12. The van der Waals surface area contributed by atoms with E-state index in [1.807, 2.05) is 0 Å². The van der Waals surface area contributed by atoms with E-state index in [-0.39, 0.29) is 11.5 Å². The van der Waals surface area contributed by atoms with E-state index in [2.05, 4.69) is 48.3 Å². The van der Waals surface area contributed by atoms with Crippen molar-refractivity contribution >= 4 is 5.69 Å². The lowest BCUT2D eigenvalue weighted by Gasteiger charge is -2.49. The SMILES string of the molecule is CC1(C)C(O)CC1Nc1ccc(CN2CCCC2)cc1. The van der Waals surface area contributed by atoms with E-state index in [1.54, 1.807) is 0 Å². The number of aliphatic hydroxyl groups excluding tert-OH is 1. The summed E-state index contributed by atoms with van der Waals surface area (Å²) in [4.78, 5) is 2.52. The van der Waals surface area contributed by atoms with Crippen LogP contribution in [0.2, 0.25) is 0 Å². The molecule has 1 saturated carbocycles. The number of hydrogen-bond donors (Lipinski definition) is 2. The summed E-state index contributed by atoms with van der Waals surface area (Å²) in [5.41, 5.74) is 2.54. The van der Waals surface area contributed by atoms with E-state index in [9.17, 15) is 5.11 Å². The Hall–Kier alpha value is -1.06. The number of rotatable bonds is 4. The van der Waals surface area contributed by atoms with Crippen LogP contribution in [0.5, 0.6) is 0 Å². The molecule has 2 aliphatic rings. The molecule has 0 amide bonds. The summed E-state index contributed by atoms with van der Waals surface area (Å²) in [5.74, 6) is 0. The van der Waals surface area contributed by atoms with Crippen LogP contribution in [0.1, 0.15) is 38.7 Å². The molecule has 1 aromatic rings. The normalized spacial score (nSPS) is 29.1. The van der Waals surface area contributed by atoms with Crippen molar-refractivity contribution in [3.05, 3.63) is 29.8 Å². The zero-order valence-electron chi connectivity index (χ0n) is 12.6. The molecule has 3 heteroatoms. The molecule has 1 heterocycles. The Kier molecular flexibility index (Phi) is 3.74. The Morgan fingerprint density at radius 2 is 1.85 bits per heavy atom. The first kappa shape index (κ1) is 13.9. The minimum atomic E-state index is -0.172. The monoisotopic (exact) mass is 274 g/mol. The predicted molar refractivity (Wildman–Crippen MR) is 82.8 cm³/mol. The Labute approximate surface area is 122 Å². The molecular weight excluding hydrogens is 248 g/mol. The largest absolute Gasteiger partial charge is 0.392 e. The van der Waals surface area contributed by atoms with Gasteiger partial charge in [0.2, 0.25) is 0 Å². The third-order valence-corrected chi connectivity index (χ3v) is 5.12. The highest BCUT2D eigenvalue weighted by Crippen LogP contribution is 2.42. The van der Waals surface area contributed by atoms with Gasteiger partial charge in [-0.15, -0.1) is 0 Å². The Balaban J connectivity index is 1.56. The molecule has 3 rings (SSSR count). The first-order valence-electron chi connectivity index (χ1n) is 7.81. The van der Waals surface area contributed by atoms with E-state index in [0.29, 0.717) is 6.04 Å². The summed E-state index contributed by atoms with van der Waals surface area (Å²) in [6.45, 7) is 7.82. The minimum Gasteiger partial charge on any atom is -0.392 e. The van der Waals surface area contributed by atoms with E-state index < -0.39 is 0 Å². The maximum atomic E-state index is 9.78. The molecule has 1 aliphatic carbocycles. The van der Waals surface area contributed by atoms with Gasteiger partial charge in [0.25, 0.3) is 0 Å². The second kappa shape index (κ2) is 5.38. The summed E-state index contributed by atoms with van der Waals surface area (Å²) < 4.78 is 0. The first-order valence-corrected chi connectivity index (χ1v) is 7.81. The van der Waals surface area contributed by atoms with Crippen molar-refractivity contribution < 1.29 is 5.11 Å². The van der Waals surface area contributed by atoms with Gasteiger partial charge in [-0.2, -0.15) is 0 Å². The molecule has 2 fully saturated rings. The summed E-state index contributed by atoms with van der Waals surface area (Å²) in [6, 6.07) is 9.17. The zero-order chi connectivity index (χ0) is 14.2. The lowest BCUT2D eigenvalue weighted by Crippen LogP contribution is -2.56. The van der Waals surface area contributed by atoms with Gasteiger partial charge in [-0.3, -0.25) is 4.90 Å². The summed E-state index contributed by atoms with van der Waals surface area (Å²) in [6.07, 6.45) is 3.37. The van der Waals surface area contributed by atoms with Crippen molar-refractivity contribution in [3.8, 4) is 0 Å². The number of nitrogens with zero attached hydrogens (tertiary/aromatic N) is 1. The van der Waals surface area contributed by atoms with Gasteiger partial charge in [0.05, 0.1) is 6.10 Å². The Morgan fingerprint density at radius 1 is 1.20 bits per heavy atom. The fraction of sp³-hybridized carbons (Fsp3) is 0.647. The molecule has 0 aromatic heterocycles. The van der Waals surface area contributed by atoms with Crippen molar-refractivity contribution in [2.24, 2.45) is 5.41 Å². The molecule has 0 bridgehead atoms. The Morgan fingerprint density at radius 3 is 2.40 bits per heavy atom. The van der Waals surface area contributed by atoms with Crippen LogP contribution < -0.4 is 5.32 Å². The highest BCUT2D eigenvalue weighted by atomic mass is 16.3. The number of anilines is 1. The smallest absolute Gasteiger partial charge is 0.0630 e. The van der Waals surface area contributed by atoms with Crippen molar-refractivity contribution in [3.63, 3.8) is 0 Å². The molecule has 1 aliphatic heterocycles. The molecule has 20 heavy (non-hydrogen) atoms. The lowest BCUT2D eigenvalue weighted by molar-refractivity contribution is -0.0510. The Bertz CT molecular complexity index is 449. The van der Waals surface area contributed by atoms with Gasteiger partial charge >= 0.3 is 0 Å². The van der Waals surface area contributed by atoms with E-state index in [1.165, 1.54) is 37.2 Å². The van der Waals surface area contributed by atoms with E-state index in [4.69, 9.17) is 0 Å². The van der Waals surface area contributed by atoms with Crippen molar-refractivity contribution in [2.75, 3.05) is 18.4 Å². The number of aliphatic hydroxyl groups is 1. The fourth-order valence-electron chi connectivity index (χ4n) is 3.25. The van der Waals surface area contributed by atoms with Crippen LogP contribution in [0.25, 0.3) is 0 Å². The summed E-state index contributed by atoms with van der Waals surface area (Å²) in [7, 11) is 0. The van der Waals surface area contributed by atoms with Crippen molar-refractivity contribution in [1.29, 1.82) is 0 Å². The van der Waals surface area contributed by atoms with E-state index >= 15 is 0 Å². The topological polar surface area (TPSA) is 35.5 Å².